The maximum atomic E-state index is 10.9. The number of hydrogen-bond acceptors (Lipinski definition) is 2. The van der Waals surface area contributed by atoms with Crippen molar-refractivity contribution < 1.29 is 9.90 Å². The minimum absolute atomic E-state index is 0.0815. The van der Waals surface area contributed by atoms with Crippen LogP contribution in [0.4, 0.5) is 5.69 Å². The molecule has 0 atom stereocenters. The first-order valence-electron chi connectivity index (χ1n) is 5.24. The van der Waals surface area contributed by atoms with Crippen LogP contribution >= 0.6 is 0 Å². The van der Waals surface area contributed by atoms with Gasteiger partial charge in [-0.1, -0.05) is 6.08 Å². The summed E-state index contributed by atoms with van der Waals surface area (Å²) in [5.41, 5.74) is 3.33. The van der Waals surface area contributed by atoms with Crippen molar-refractivity contribution in [1.82, 2.24) is 0 Å². The summed E-state index contributed by atoms with van der Waals surface area (Å²) < 4.78 is 0. The standard InChI is InChI=1S/C13H15NO2/c1-8-7-13(2,3)14-11-5-4-9(12(15)16)6-10(8)11/h4-7,14H,1-3H3,(H,15,16). The van der Waals surface area contributed by atoms with Gasteiger partial charge in [-0.3, -0.25) is 0 Å². The van der Waals surface area contributed by atoms with Gasteiger partial charge in [-0.15, -0.1) is 0 Å². The van der Waals surface area contributed by atoms with Crippen LogP contribution in [-0.4, -0.2) is 16.6 Å². The Labute approximate surface area is 94.8 Å². The van der Waals surface area contributed by atoms with Gasteiger partial charge in [-0.2, -0.15) is 0 Å². The zero-order valence-corrected chi connectivity index (χ0v) is 9.66. The van der Waals surface area contributed by atoms with E-state index in [1.54, 1.807) is 12.1 Å². The van der Waals surface area contributed by atoms with Crippen molar-refractivity contribution in [2.45, 2.75) is 26.3 Å². The SMILES string of the molecule is CC1=CC(C)(C)Nc2ccc(C(=O)O)cc21. The Morgan fingerprint density at radius 1 is 1.38 bits per heavy atom. The highest BCUT2D eigenvalue weighted by Crippen LogP contribution is 2.33. The van der Waals surface area contributed by atoms with Crippen LogP contribution in [0.1, 0.15) is 36.7 Å². The quantitative estimate of drug-likeness (QED) is 0.760. The van der Waals surface area contributed by atoms with Gasteiger partial charge >= 0.3 is 5.97 Å². The van der Waals surface area contributed by atoms with Crippen molar-refractivity contribution in [3.63, 3.8) is 0 Å². The van der Waals surface area contributed by atoms with E-state index in [1.807, 2.05) is 13.0 Å². The van der Waals surface area contributed by atoms with E-state index in [0.717, 1.165) is 16.8 Å². The second-order valence-electron chi connectivity index (χ2n) is 4.74. The maximum absolute atomic E-state index is 10.9. The van der Waals surface area contributed by atoms with Gasteiger partial charge in [0.05, 0.1) is 11.1 Å². The lowest BCUT2D eigenvalue weighted by molar-refractivity contribution is 0.0697. The third-order valence-corrected chi connectivity index (χ3v) is 2.73. The first-order valence-corrected chi connectivity index (χ1v) is 5.24. The molecule has 0 unspecified atom stereocenters. The van der Waals surface area contributed by atoms with E-state index >= 15 is 0 Å². The molecule has 0 radical (unpaired) electrons. The fourth-order valence-electron chi connectivity index (χ4n) is 2.11. The lowest BCUT2D eigenvalue weighted by Crippen LogP contribution is -2.31. The topological polar surface area (TPSA) is 49.3 Å². The smallest absolute Gasteiger partial charge is 0.335 e. The molecule has 1 aliphatic rings. The first-order chi connectivity index (χ1) is 7.39. The summed E-state index contributed by atoms with van der Waals surface area (Å²) in [5.74, 6) is -0.888. The highest BCUT2D eigenvalue weighted by atomic mass is 16.4. The molecule has 84 valence electrons. The van der Waals surface area contributed by atoms with Crippen molar-refractivity contribution in [2.24, 2.45) is 0 Å². The third kappa shape index (κ3) is 1.81. The summed E-state index contributed by atoms with van der Waals surface area (Å²) in [7, 11) is 0. The number of hydrogen-bond donors (Lipinski definition) is 2. The summed E-state index contributed by atoms with van der Waals surface area (Å²) in [6.07, 6.45) is 2.11. The zero-order chi connectivity index (χ0) is 11.9. The monoisotopic (exact) mass is 217 g/mol. The molecule has 0 fully saturated rings. The largest absolute Gasteiger partial charge is 0.478 e. The van der Waals surface area contributed by atoms with Gasteiger partial charge in [0.15, 0.2) is 0 Å². The fraction of sp³-hybridized carbons (Fsp3) is 0.308. The van der Waals surface area contributed by atoms with Gasteiger partial charge in [0.25, 0.3) is 0 Å². The van der Waals surface area contributed by atoms with E-state index in [2.05, 4.69) is 25.2 Å². The molecule has 0 spiro atoms. The average Bonchev–Trinajstić information content (AvgIpc) is 2.15. The Bertz CT molecular complexity index is 487. The first kappa shape index (κ1) is 10.7. The Morgan fingerprint density at radius 3 is 2.69 bits per heavy atom. The number of carbonyl (C=O) groups is 1. The number of rotatable bonds is 1. The van der Waals surface area contributed by atoms with Crippen LogP contribution < -0.4 is 5.32 Å². The van der Waals surface area contributed by atoms with E-state index in [0.29, 0.717) is 5.56 Å². The molecule has 0 saturated heterocycles. The summed E-state index contributed by atoms with van der Waals surface area (Å²) in [6.45, 7) is 6.18. The Morgan fingerprint density at radius 2 is 2.06 bits per heavy atom. The van der Waals surface area contributed by atoms with Crippen molar-refractivity contribution in [1.29, 1.82) is 0 Å². The molecule has 1 aromatic carbocycles. The molecule has 16 heavy (non-hydrogen) atoms. The molecule has 0 amide bonds. The molecule has 2 rings (SSSR count). The van der Waals surface area contributed by atoms with Crippen molar-refractivity contribution in [3.05, 3.63) is 35.4 Å². The minimum atomic E-state index is -0.888. The number of allylic oxidation sites excluding steroid dienone is 1. The molecule has 2 N–H and O–H groups in total. The zero-order valence-electron chi connectivity index (χ0n) is 9.66. The summed E-state index contributed by atoms with van der Waals surface area (Å²) >= 11 is 0. The molecule has 3 nitrogen and oxygen atoms in total. The van der Waals surface area contributed by atoms with Crippen LogP contribution in [0.15, 0.2) is 24.3 Å². The molecule has 0 aliphatic carbocycles. The van der Waals surface area contributed by atoms with Crippen LogP contribution in [0.3, 0.4) is 0 Å². The number of aromatic carboxylic acids is 1. The Kier molecular flexibility index (Phi) is 2.26. The predicted molar refractivity (Wildman–Crippen MR) is 64.8 cm³/mol. The lowest BCUT2D eigenvalue weighted by atomic mass is 9.90. The fourth-order valence-corrected chi connectivity index (χ4v) is 2.11. The number of fused-ring (bicyclic) bond motifs is 1. The third-order valence-electron chi connectivity index (χ3n) is 2.73. The molecule has 0 bridgehead atoms. The van der Waals surface area contributed by atoms with Gasteiger partial charge in [0.2, 0.25) is 0 Å². The lowest BCUT2D eigenvalue weighted by Gasteiger charge is -2.31. The number of nitrogens with one attached hydrogen (secondary N) is 1. The van der Waals surface area contributed by atoms with Crippen molar-refractivity contribution in [2.75, 3.05) is 5.32 Å². The van der Waals surface area contributed by atoms with Gasteiger partial charge < -0.3 is 10.4 Å². The highest BCUT2D eigenvalue weighted by Gasteiger charge is 2.22. The number of anilines is 1. The molecule has 0 saturated carbocycles. The second-order valence-corrected chi connectivity index (χ2v) is 4.74. The summed E-state index contributed by atoms with van der Waals surface area (Å²) in [6, 6.07) is 5.17. The summed E-state index contributed by atoms with van der Waals surface area (Å²) in [5, 5.41) is 12.3. The van der Waals surface area contributed by atoms with Gasteiger partial charge in [-0.05, 0) is 44.5 Å². The van der Waals surface area contributed by atoms with Crippen molar-refractivity contribution in [3.8, 4) is 0 Å². The molecule has 1 heterocycles. The van der Waals surface area contributed by atoms with Crippen LogP contribution in [0.2, 0.25) is 0 Å². The second kappa shape index (κ2) is 3.37. The Hall–Kier alpha value is -1.77. The van der Waals surface area contributed by atoms with Crippen LogP contribution in [0, 0.1) is 0 Å². The summed E-state index contributed by atoms with van der Waals surface area (Å²) in [4.78, 5) is 10.9. The van der Waals surface area contributed by atoms with Crippen LogP contribution in [-0.2, 0) is 0 Å². The molecular formula is C13H15NO2. The molecule has 3 heteroatoms. The maximum Gasteiger partial charge on any atom is 0.335 e. The van der Waals surface area contributed by atoms with E-state index in [4.69, 9.17) is 5.11 Å². The van der Waals surface area contributed by atoms with E-state index in [1.165, 1.54) is 0 Å². The molecular weight excluding hydrogens is 202 g/mol. The number of carboxylic acids is 1. The van der Waals surface area contributed by atoms with Gasteiger partial charge in [0.1, 0.15) is 0 Å². The van der Waals surface area contributed by atoms with Crippen LogP contribution in [0.5, 0.6) is 0 Å². The van der Waals surface area contributed by atoms with Crippen molar-refractivity contribution >= 4 is 17.2 Å². The minimum Gasteiger partial charge on any atom is -0.478 e. The van der Waals surface area contributed by atoms with Gasteiger partial charge in [0, 0.05) is 11.3 Å². The Balaban J connectivity index is 2.54. The van der Waals surface area contributed by atoms with Gasteiger partial charge in [-0.25, -0.2) is 4.79 Å². The van der Waals surface area contributed by atoms with E-state index in [9.17, 15) is 4.79 Å². The molecule has 1 aromatic rings. The predicted octanol–water partition coefficient (Wildman–Crippen LogP) is 2.99. The molecule has 1 aliphatic heterocycles. The highest BCUT2D eigenvalue weighted by molar-refractivity contribution is 5.91. The normalized spacial score (nSPS) is 17.1. The van der Waals surface area contributed by atoms with E-state index < -0.39 is 5.97 Å². The van der Waals surface area contributed by atoms with E-state index in [-0.39, 0.29) is 5.54 Å². The molecule has 0 aromatic heterocycles. The number of carboxylic acid groups (broad SMARTS) is 1. The van der Waals surface area contributed by atoms with Crippen LogP contribution in [0.25, 0.3) is 5.57 Å². The number of benzene rings is 1. The average molecular weight is 217 g/mol.